The first-order valence-corrected chi connectivity index (χ1v) is 6.84. The van der Waals surface area contributed by atoms with Gasteiger partial charge < -0.3 is 4.74 Å². The van der Waals surface area contributed by atoms with Gasteiger partial charge in [0, 0.05) is 13.6 Å². The Bertz CT molecular complexity index is 341. The van der Waals surface area contributed by atoms with Gasteiger partial charge in [-0.1, -0.05) is 0 Å². The summed E-state index contributed by atoms with van der Waals surface area (Å²) in [4.78, 5) is 11.6. The van der Waals surface area contributed by atoms with Crippen LogP contribution in [0.3, 0.4) is 0 Å². The molecule has 0 amide bonds. The lowest BCUT2D eigenvalue weighted by Gasteiger charge is -2.32. The van der Waals surface area contributed by atoms with E-state index in [0.29, 0.717) is 13.0 Å². The summed E-state index contributed by atoms with van der Waals surface area (Å²) in [5, 5.41) is 0. The van der Waals surface area contributed by atoms with Crippen molar-refractivity contribution in [3.63, 3.8) is 0 Å². The third-order valence-corrected chi connectivity index (χ3v) is 4.15. The molecule has 6 nitrogen and oxygen atoms in total. The maximum absolute atomic E-state index is 11.7. The van der Waals surface area contributed by atoms with Crippen molar-refractivity contribution in [1.29, 1.82) is 0 Å². The molecule has 1 heterocycles. The van der Waals surface area contributed by atoms with Gasteiger partial charge in [-0.15, -0.1) is 0 Å². The van der Waals surface area contributed by atoms with Gasteiger partial charge >= 0.3 is 5.97 Å². The minimum Gasteiger partial charge on any atom is -0.465 e. The predicted molar refractivity (Wildman–Crippen MR) is 59.0 cm³/mol. The zero-order valence-corrected chi connectivity index (χ0v) is 10.4. The third kappa shape index (κ3) is 2.93. The summed E-state index contributed by atoms with van der Waals surface area (Å²) >= 11 is 0. The fraction of sp³-hybridized carbons (Fsp3) is 0.889. The largest absolute Gasteiger partial charge is 0.465 e. The summed E-state index contributed by atoms with van der Waals surface area (Å²) in [7, 11) is -2.21. The number of esters is 1. The summed E-state index contributed by atoms with van der Waals surface area (Å²) in [5.41, 5.74) is 0. The molecule has 1 atom stereocenters. The van der Waals surface area contributed by atoms with Crippen molar-refractivity contribution < 1.29 is 17.9 Å². The number of ether oxygens (including phenoxy) is 1. The van der Waals surface area contributed by atoms with Crippen molar-refractivity contribution in [2.24, 2.45) is 0 Å². The lowest BCUT2D eigenvalue weighted by molar-refractivity contribution is -0.148. The van der Waals surface area contributed by atoms with Crippen molar-refractivity contribution in [3.05, 3.63) is 0 Å². The van der Waals surface area contributed by atoms with Crippen molar-refractivity contribution in [3.8, 4) is 0 Å². The lowest BCUT2D eigenvalue weighted by atomic mass is 10.1. The third-order valence-electron chi connectivity index (χ3n) is 2.58. The number of piperidine rings is 1. The first kappa shape index (κ1) is 13.4. The lowest BCUT2D eigenvalue weighted by Crippen LogP contribution is -2.51. The highest BCUT2D eigenvalue weighted by molar-refractivity contribution is 7.87. The Hall–Kier alpha value is -0.660. The fourth-order valence-electron chi connectivity index (χ4n) is 1.78. The Morgan fingerprint density at radius 2 is 2.19 bits per heavy atom. The minimum atomic E-state index is -3.55. The number of carbonyl (C=O) groups is 1. The number of nitrogens with one attached hydrogen (secondary N) is 1. The summed E-state index contributed by atoms with van der Waals surface area (Å²) in [6.07, 6.45) is 2.15. The van der Waals surface area contributed by atoms with Gasteiger partial charge in [0.1, 0.15) is 6.04 Å². The Kier molecular flexibility index (Phi) is 4.69. The molecule has 1 aliphatic heterocycles. The smallest absolute Gasteiger partial charge is 0.324 e. The number of carbonyl (C=O) groups excluding carboxylic acids is 1. The molecule has 0 radical (unpaired) electrons. The molecule has 0 bridgehead atoms. The van der Waals surface area contributed by atoms with Gasteiger partial charge in [0.2, 0.25) is 0 Å². The zero-order valence-electron chi connectivity index (χ0n) is 9.60. The molecule has 1 saturated heterocycles. The number of hydrogen-bond donors (Lipinski definition) is 1. The maximum atomic E-state index is 11.7. The van der Waals surface area contributed by atoms with Crippen LogP contribution in [0.1, 0.15) is 26.2 Å². The first-order valence-electron chi connectivity index (χ1n) is 5.40. The SMILES string of the molecule is CCOC(=O)C1CCCCN1S(=O)(=O)NC. The van der Waals surface area contributed by atoms with E-state index in [1.807, 2.05) is 0 Å². The van der Waals surface area contributed by atoms with Crippen molar-refractivity contribution in [1.82, 2.24) is 9.03 Å². The number of nitrogens with zero attached hydrogens (tertiary/aromatic N) is 1. The topological polar surface area (TPSA) is 75.7 Å². The van der Waals surface area contributed by atoms with E-state index in [0.717, 1.165) is 12.8 Å². The molecule has 16 heavy (non-hydrogen) atoms. The average molecular weight is 250 g/mol. The number of hydrogen-bond acceptors (Lipinski definition) is 4. The average Bonchev–Trinajstić information content (AvgIpc) is 2.29. The molecule has 1 N–H and O–H groups in total. The van der Waals surface area contributed by atoms with E-state index in [1.165, 1.54) is 11.4 Å². The molecule has 94 valence electrons. The van der Waals surface area contributed by atoms with E-state index >= 15 is 0 Å². The van der Waals surface area contributed by atoms with E-state index in [-0.39, 0.29) is 6.61 Å². The second kappa shape index (κ2) is 5.60. The highest BCUT2D eigenvalue weighted by Gasteiger charge is 2.36. The Balaban J connectivity index is 2.83. The van der Waals surface area contributed by atoms with Gasteiger partial charge in [-0.3, -0.25) is 4.79 Å². The van der Waals surface area contributed by atoms with Crippen LogP contribution in [-0.4, -0.2) is 44.9 Å². The molecule has 0 aliphatic carbocycles. The second-order valence-corrected chi connectivity index (χ2v) is 5.41. The first-order chi connectivity index (χ1) is 7.53. The maximum Gasteiger partial charge on any atom is 0.324 e. The van der Waals surface area contributed by atoms with Crippen molar-refractivity contribution in [2.75, 3.05) is 20.2 Å². The van der Waals surface area contributed by atoms with Crippen LogP contribution in [0.4, 0.5) is 0 Å². The van der Waals surface area contributed by atoms with Crippen molar-refractivity contribution in [2.45, 2.75) is 32.2 Å². The highest BCUT2D eigenvalue weighted by Crippen LogP contribution is 2.20. The standard InChI is InChI=1S/C9H18N2O4S/c1-3-15-9(12)8-6-4-5-7-11(8)16(13,14)10-2/h8,10H,3-7H2,1-2H3. The van der Waals surface area contributed by atoms with E-state index in [1.54, 1.807) is 6.92 Å². The van der Waals surface area contributed by atoms with Gasteiger partial charge in [-0.2, -0.15) is 12.7 Å². The van der Waals surface area contributed by atoms with Crippen LogP contribution in [0, 0.1) is 0 Å². The quantitative estimate of drug-likeness (QED) is 0.705. The van der Waals surface area contributed by atoms with E-state index in [4.69, 9.17) is 4.74 Å². The van der Waals surface area contributed by atoms with Crippen LogP contribution in [0.25, 0.3) is 0 Å². The van der Waals surface area contributed by atoms with Gasteiger partial charge in [0.25, 0.3) is 10.2 Å². The summed E-state index contributed by atoms with van der Waals surface area (Å²) in [5.74, 6) is -0.457. The molecular weight excluding hydrogens is 232 g/mol. The molecule has 0 aromatic carbocycles. The van der Waals surface area contributed by atoms with Gasteiger partial charge in [0.05, 0.1) is 6.61 Å². The normalized spacial score (nSPS) is 23.0. The minimum absolute atomic E-state index is 0.267. The monoisotopic (exact) mass is 250 g/mol. The van der Waals surface area contributed by atoms with Crippen LogP contribution in [-0.2, 0) is 19.7 Å². The van der Waals surface area contributed by atoms with E-state index in [2.05, 4.69) is 4.72 Å². The van der Waals surface area contributed by atoms with Gasteiger partial charge in [-0.25, -0.2) is 4.72 Å². The summed E-state index contributed by atoms with van der Waals surface area (Å²) in [6, 6.07) is -0.675. The van der Waals surface area contributed by atoms with Gasteiger partial charge in [0.15, 0.2) is 0 Å². The Labute approximate surface area is 96.1 Å². The summed E-state index contributed by atoms with van der Waals surface area (Å²) < 4.78 is 31.7. The van der Waals surface area contributed by atoms with Crippen LogP contribution in [0.15, 0.2) is 0 Å². The molecule has 0 aromatic heterocycles. The Morgan fingerprint density at radius 1 is 1.50 bits per heavy atom. The summed E-state index contributed by atoms with van der Waals surface area (Å²) in [6.45, 7) is 2.34. The molecule has 1 aliphatic rings. The van der Waals surface area contributed by atoms with Gasteiger partial charge in [-0.05, 0) is 26.2 Å². The molecule has 1 rings (SSSR count). The molecule has 7 heteroatoms. The van der Waals surface area contributed by atoms with Crippen LogP contribution < -0.4 is 4.72 Å². The van der Waals surface area contributed by atoms with E-state index in [9.17, 15) is 13.2 Å². The molecule has 0 aromatic rings. The fourth-order valence-corrected chi connectivity index (χ4v) is 2.91. The van der Waals surface area contributed by atoms with Crippen molar-refractivity contribution >= 4 is 16.2 Å². The van der Waals surface area contributed by atoms with Crippen LogP contribution in [0.2, 0.25) is 0 Å². The van der Waals surface area contributed by atoms with Crippen LogP contribution in [0.5, 0.6) is 0 Å². The second-order valence-electron chi connectivity index (χ2n) is 3.58. The highest BCUT2D eigenvalue weighted by atomic mass is 32.2. The molecule has 1 unspecified atom stereocenters. The molecule has 0 spiro atoms. The molecule has 1 fully saturated rings. The molecular formula is C9H18N2O4S. The van der Waals surface area contributed by atoms with Crippen LogP contribution >= 0.6 is 0 Å². The Morgan fingerprint density at radius 3 is 2.75 bits per heavy atom. The molecule has 0 saturated carbocycles. The number of rotatable bonds is 4. The zero-order chi connectivity index (χ0) is 12.2. The predicted octanol–water partition coefficient (Wildman–Crippen LogP) is -0.132. The van der Waals surface area contributed by atoms with E-state index < -0.39 is 22.2 Å².